The van der Waals surface area contributed by atoms with E-state index in [0.29, 0.717) is 24.3 Å². The van der Waals surface area contributed by atoms with E-state index in [1.807, 2.05) is 24.3 Å². The van der Waals surface area contributed by atoms with Crippen molar-refractivity contribution in [1.29, 1.82) is 0 Å². The van der Waals surface area contributed by atoms with Crippen molar-refractivity contribution in [3.05, 3.63) is 59.7 Å². The number of nitrogens with zero attached hydrogens (tertiary/aromatic N) is 1. The zero-order valence-electron chi connectivity index (χ0n) is 16.8. The molecule has 4 amide bonds. The highest BCUT2D eigenvalue weighted by Crippen LogP contribution is 2.32. The Kier molecular flexibility index (Phi) is 5.07. The first-order chi connectivity index (χ1) is 14.4. The summed E-state index contributed by atoms with van der Waals surface area (Å²) in [4.78, 5) is 39.1. The summed E-state index contributed by atoms with van der Waals surface area (Å²) in [5, 5.41) is 5.62. The van der Waals surface area contributed by atoms with Gasteiger partial charge in [0.15, 0.2) is 0 Å². The lowest BCUT2D eigenvalue weighted by Gasteiger charge is -2.27. The number of rotatable bonds is 5. The Morgan fingerprint density at radius 1 is 1.23 bits per heavy atom. The lowest BCUT2D eigenvalue weighted by molar-refractivity contribution is -0.135. The molecule has 0 bridgehead atoms. The smallest absolute Gasteiger partial charge is 0.325 e. The number of carbonyl (C=O) groups is 3. The Hall–Kier alpha value is -3.55. The molecule has 0 aromatic heterocycles. The van der Waals surface area contributed by atoms with Crippen LogP contribution in [0, 0.1) is 0 Å². The number of benzene rings is 2. The first-order valence-electron chi connectivity index (χ1n) is 9.72. The number of imide groups is 1. The van der Waals surface area contributed by atoms with Gasteiger partial charge in [0.05, 0.1) is 19.8 Å². The molecule has 156 valence electrons. The number of carbonyl (C=O) groups excluding carboxylic acids is 3. The molecule has 2 aromatic carbocycles. The normalized spacial score (nSPS) is 22.7. The highest BCUT2D eigenvalue weighted by atomic mass is 16.5. The van der Waals surface area contributed by atoms with E-state index in [1.54, 1.807) is 38.3 Å². The van der Waals surface area contributed by atoms with Crippen molar-refractivity contribution >= 4 is 17.8 Å². The molecule has 0 saturated carbocycles. The minimum atomic E-state index is -1.24. The van der Waals surface area contributed by atoms with Crippen LogP contribution in [-0.4, -0.2) is 43.0 Å². The number of hydrogen-bond donors (Lipinski definition) is 2. The van der Waals surface area contributed by atoms with Gasteiger partial charge in [-0.2, -0.15) is 0 Å². The van der Waals surface area contributed by atoms with E-state index < -0.39 is 23.4 Å². The summed E-state index contributed by atoms with van der Waals surface area (Å²) in [6.07, 6.45) is 0.618. The Morgan fingerprint density at radius 2 is 1.97 bits per heavy atom. The van der Waals surface area contributed by atoms with E-state index >= 15 is 0 Å². The summed E-state index contributed by atoms with van der Waals surface area (Å²) < 4.78 is 10.7. The van der Waals surface area contributed by atoms with Crippen molar-refractivity contribution in [3.63, 3.8) is 0 Å². The van der Waals surface area contributed by atoms with Crippen LogP contribution < -0.4 is 20.1 Å². The van der Waals surface area contributed by atoms with Crippen LogP contribution >= 0.6 is 0 Å². The van der Waals surface area contributed by atoms with Gasteiger partial charge in [-0.15, -0.1) is 0 Å². The fraction of sp³-hybridized carbons (Fsp3) is 0.318. The van der Waals surface area contributed by atoms with E-state index in [2.05, 4.69) is 10.6 Å². The van der Waals surface area contributed by atoms with Gasteiger partial charge < -0.3 is 20.1 Å². The predicted molar refractivity (Wildman–Crippen MR) is 108 cm³/mol. The van der Waals surface area contributed by atoms with E-state index in [-0.39, 0.29) is 12.6 Å². The molecule has 2 heterocycles. The summed E-state index contributed by atoms with van der Waals surface area (Å²) >= 11 is 0. The van der Waals surface area contributed by atoms with Gasteiger partial charge in [0.2, 0.25) is 5.91 Å². The third-order valence-electron chi connectivity index (χ3n) is 5.54. The van der Waals surface area contributed by atoms with E-state index in [0.717, 1.165) is 16.2 Å². The van der Waals surface area contributed by atoms with Crippen LogP contribution in [-0.2, 0) is 15.1 Å². The topological polar surface area (TPSA) is 97.0 Å². The third kappa shape index (κ3) is 3.45. The average Bonchev–Trinajstić information content (AvgIpc) is 2.98. The number of methoxy groups -OCH3 is 1. The van der Waals surface area contributed by atoms with Gasteiger partial charge in [0.1, 0.15) is 23.6 Å². The zero-order valence-corrected chi connectivity index (χ0v) is 16.8. The number of fused-ring (bicyclic) bond motifs is 1. The van der Waals surface area contributed by atoms with Crippen LogP contribution in [0.1, 0.15) is 30.5 Å². The number of para-hydroxylation sites is 1. The van der Waals surface area contributed by atoms with Crippen molar-refractivity contribution < 1.29 is 23.9 Å². The molecule has 0 unspecified atom stereocenters. The molecule has 2 aliphatic rings. The highest BCUT2D eigenvalue weighted by Gasteiger charge is 2.49. The van der Waals surface area contributed by atoms with Crippen LogP contribution in [0.25, 0.3) is 0 Å². The molecule has 8 heteroatoms. The second kappa shape index (κ2) is 7.70. The second-order valence-electron chi connectivity index (χ2n) is 7.47. The predicted octanol–water partition coefficient (Wildman–Crippen LogP) is 2.10. The molecule has 2 aliphatic heterocycles. The quantitative estimate of drug-likeness (QED) is 0.738. The monoisotopic (exact) mass is 409 g/mol. The summed E-state index contributed by atoms with van der Waals surface area (Å²) in [5.74, 6) is 0.502. The lowest BCUT2D eigenvalue weighted by Crippen LogP contribution is -2.44. The molecule has 0 spiro atoms. The Balaban J connectivity index is 1.46. The van der Waals surface area contributed by atoms with E-state index in [1.165, 1.54) is 0 Å². The Labute approximate surface area is 174 Å². The fourth-order valence-corrected chi connectivity index (χ4v) is 3.84. The van der Waals surface area contributed by atoms with Gasteiger partial charge in [-0.25, -0.2) is 4.79 Å². The van der Waals surface area contributed by atoms with Crippen LogP contribution in [0.5, 0.6) is 11.5 Å². The highest BCUT2D eigenvalue weighted by molar-refractivity contribution is 6.09. The molecular formula is C22H23N3O5. The maximum absolute atomic E-state index is 13.0. The SMILES string of the molecule is COc1ccc([C@@]2(C)NC(=O)N(CC(=O)N[C@@H]3CCOc4ccccc43)C2=O)cc1. The molecule has 2 aromatic rings. The maximum atomic E-state index is 13.0. The van der Waals surface area contributed by atoms with Gasteiger partial charge in [0.25, 0.3) is 5.91 Å². The Morgan fingerprint density at radius 3 is 2.70 bits per heavy atom. The van der Waals surface area contributed by atoms with E-state index in [4.69, 9.17) is 9.47 Å². The molecule has 0 aliphatic carbocycles. The van der Waals surface area contributed by atoms with E-state index in [9.17, 15) is 14.4 Å². The van der Waals surface area contributed by atoms with Crippen LogP contribution in [0.2, 0.25) is 0 Å². The van der Waals surface area contributed by atoms with Crippen LogP contribution in [0.15, 0.2) is 48.5 Å². The van der Waals surface area contributed by atoms with Gasteiger partial charge >= 0.3 is 6.03 Å². The fourth-order valence-electron chi connectivity index (χ4n) is 3.84. The van der Waals surface area contributed by atoms with Crippen LogP contribution in [0.3, 0.4) is 0 Å². The molecule has 8 nitrogen and oxygen atoms in total. The standard InChI is InChI=1S/C22H23N3O5/c1-22(14-7-9-15(29-2)10-8-14)20(27)25(21(28)24-22)13-19(26)23-17-11-12-30-18-6-4-3-5-16(17)18/h3-10,17H,11-13H2,1-2H3,(H,23,26)(H,24,28)/t17-,22-/m1/s1. The summed E-state index contributed by atoms with van der Waals surface area (Å²) in [6.45, 7) is 1.76. The van der Waals surface area contributed by atoms with Gasteiger partial charge in [0, 0.05) is 12.0 Å². The van der Waals surface area contributed by atoms with Crippen molar-refractivity contribution in [2.45, 2.75) is 24.9 Å². The third-order valence-corrected chi connectivity index (χ3v) is 5.54. The van der Waals surface area contributed by atoms with Crippen molar-refractivity contribution in [3.8, 4) is 11.5 Å². The first kappa shape index (κ1) is 19.8. The molecule has 1 fully saturated rings. The molecular weight excluding hydrogens is 386 g/mol. The minimum Gasteiger partial charge on any atom is -0.497 e. The number of urea groups is 1. The second-order valence-corrected chi connectivity index (χ2v) is 7.47. The number of ether oxygens (including phenoxy) is 2. The largest absolute Gasteiger partial charge is 0.497 e. The van der Waals surface area contributed by atoms with Crippen molar-refractivity contribution in [1.82, 2.24) is 15.5 Å². The molecule has 2 N–H and O–H groups in total. The summed E-state index contributed by atoms with van der Waals surface area (Å²) in [5.41, 5.74) is 0.259. The summed E-state index contributed by atoms with van der Waals surface area (Å²) in [6, 6.07) is 13.6. The maximum Gasteiger partial charge on any atom is 0.325 e. The van der Waals surface area contributed by atoms with Crippen molar-refractivity contribution in [2.75, 3.05) is 20.3 Å². The Bertz CT molecular complexity index is 991. The van der Waals surface area contributed by atoms with Gasteiger partial charge in [-0.05, 0) is 30.7 Å². The molecule has 0 radical (unpaired) electrons. The zero-order chi connectivity index (χ0) is 21.3. The van der Waals surface area contributed by atoms with Crippen molar-refractivity contribution in [2.24, 2.45) is 0 Å². The minimum absolute atomic E-state index is 0.226. The number of nitrogens with one attached hydrogen (secondary N) is 2. The number of hydrogen-bond acceptors (Lipinski definition) is 5. The molecule has 2 atom stereocenters. The average molecular weight is 409 g/mol. The molecule has 4 rings (SSSR count). The lowest BCUT2D eigenvalue weighted by atomic mass is 9.92. The molecule has 1 saturated heterocycles. The first-order valence-corrected chi connectivity index (χ1v) is 9.72. The van der Waals surface area contributed by atoms with Gasteiger partial charge in [-0.1, -0.05) is 30.3 Å². The molecule has 30 heavy (non-hydrogen) atoms. The number of amides is 4. The van der Waals surface area contributed by atoms with Gasteiger partial charge in [-0.3, -0.25) is 14.5 Å². The van der Waals surface area contributed by atoms with Crippen LogP contribution in [0.4, 0.5) is 4.79 Å². The summed E-state index contributed by atoms with van der Waals surface area (Å²) in [7, 11) is 1.55.